The number of carbonyl (C=O) groups excluding carboxylic acids is 1. The Hall–Kier alpha value is -1.99. The molecule has 142 valence electrons. The number of nitrogens with one attached hydrogen (secondary N) is 1. The van der Waals surface area contributed by atoms with Gasteiger partial charge in [-0.2, -0.15) is 4.98 Å². The van der Waals surface area contributed by atoms with Gasteiger partial charge in [-0.15, -0.1) is 12.4 Å². The maximum Gasteiger partial charge on any atom is 0.227 e. The number of amides is 1. The van der Waals surface area contributed by atoms with Crippen molar-refractivity contribution in [1.82, 2.24) is 15.5 Å². The van der Waals surface area contributed by atoms with Gasteiger partial charge in [0, 0.05) is 30.5 Å². The number of rotatable bonds is 5. The van der Waals surface area contributed by atoms with E-state index in [9.17, 15) is 9.18 Å². The van der Waals surface area contributed by atoms with Crippen LogP contribution in [0.2, 0.25) is 0 Å². The number of nitrogens with zero attached hydrogens (tertiary/aromatic N) is 2. The minimum absolute atomic E-state index is 0. The standard InChI is InChI=1S/C18H23FN4O2.ClH/c1-11-10-12(2-7-15(11)19)18-22-17(25-23-18)9-8-16(24)21-14-5-3-13(20)4-6-14;/h2,7,10,13-14H,3-6,8-9,20H2,1H3,(H,21,24);1H. The van der Waals surface area contributed by atoms with Gasteiger partial charge in [0.2, 0.25) is 17.6 Å². The lowest BCUT2D eigenvalue weighted by Crippen LogP contribution is -2.40. The first-order chi connectivity index (χ1) is 12.0. The van der Waals surface area contributed by atoms with E-state index in [-0.39, 0.29) is 36.2 Å². The highest BCUT2D eigenvalue weighted by Crippen LogP contribution is 2.20. The molecule has 3 rings (SSSR count). The predicted octanol–water partition coefficient (Wildman–Crippen LogP) is 2.92. The van der Waals surface area contributed by atoms with Crippen molar-refractivity contribution in [2.24, 2.45) is 5.73 Å². The van der Waals surface area contributed by atoms with Crippen LogP contribution in [0.25, 0.3) is 11.4 Å². The van der Waals surface area contributed by atoms with Crippen molar-refractivity contribution < 1.29 is 13.7 Å². The van der Waals surface area contributed by atoms with E-state index in [0.717, 1.165) is 25.7 Å². The van der Waals surface area contributed by atoms with Gasteiger partial charge >= 0.3 is 0 Å². The second-order valence-corrected chi connectivity index (χ2v) is 6.65. The molecule has 0 spiro atoms. The van der Waals surface area contributed by atoms with Gasteiger partial charge < -0.3 is 15.6 Å². The molecule has 1 aromatic carbocycles. The maximum absolute atomic E-state index is 13.3. The predicted molar refractivity (Wildman–Crippen MR) is 98.4 cm³/mol. The molecule has 2 aromatic rings. The molecule has 0 saturated heterocycles. The second kappa shape index (κ2) is 9.09. The molecule has 3 N–H and O–H groups in total. The summed E-state index contributed by atoms with van der Waals surface area (Å²) in [7, 11) is 0. The van der Waals surface area contributed by atoms with Crippen molar-refractivity contribution in [3.8, 4) is 11.4 Å². The Labute approximate surface area is 158 Å². The van der Waals surface area contributed by atoms with Crippen LogP contribution in [0.4, 0.5) is 4.39 Å². The number of hydrogen-bond acceptors (Lipinski definition) is 5. The molecular weight excluding hydrogens is 359 g/mol. The smallest absolute Gasteiger partial charge is 0.227 e. The van der Waals surface area contributed by atoms with Crippen LogP contribution < -0.4 is 11.1 Å². The van der Waals surface area contributed by atoms with Crippen LogP contribution in [0.5, 0.6) is 0 Å². The summed E-state index contributed by atoms with van der Waals surface area (Å²) in [5.41, 5.74) is 7.08. The summed E-state index contributed by atoms with van der Waals surface area (Å²) >= 11 is 0. The minimum atomic E-state index is -0.271. The molecule has 0 aliphatic heterocycles. The van der Waals surface area contributed by atoms with Gasteiger partial charge in [0.15, 0.2) is 0 Å². The third-order valence-corrected chi connectivity index (χ3v) is 4.59. The SMILES string of the molecule is Cc1cc(-c2noc(CCC(=O)NC3CCC(N)CC3)n2)ccc1F.Cl. The first-order valence-corrected chi connectivity index (χ1v) is 8.65. The first kappa shape index (κ1) is 20.3. The van der Waals surface area contributed by atoms with Gasteiger partial charge in [0.1, 0.15) is 5.82 Å². The van der Waals surface area contributed by atoms with E-state index >= 15 is 0 Å². The highest BCUT2D eigenvalue weighted by atomic mass is 35.5. The fourth-order valence-corrected chi connectivity index (χ4v) is 3.04. The average molecular weight is 383 g/mol. The van der Waals surface area contributed by atoms with Gasteiger partial charge in [-0.05, 0) is 56.4 Å². The van der Waals surface area contributed by atoms with Gasteiger partial charge in [0.05, 0.1) is 0 Å². The Balaban J connectivity index is 0.00000243. The highest BCUT2D eigenvalue weighted by Gasteiger charge is 2.20. The molecule has 0 atom stereocenters. The number of halogens is 2. The molecule has 1 aliphatic rings. The van der Waals surface area contributed by atoms with Crippen molar-refractivity contribution >= 4 is 18.3 Å². The number of aryl methyl sites for hydroxylation is 2. The van der Waals surface area contributed by atoms with Gasteiger partial charge in [-0.1, -0.05) is 5.16 Å². The molecule has 6 nitrogen and oxygen atoms in total. The van der Waals surface area contributed by atoms with E-state index in [1.54, 1.807) is 19.1 Å². The number of benzene rings is 1. The molecule has 0 radical (unpaired) electrons. The van der Waals surface area contributed by atoms with Crippen molar-refractivity contribution in [2.75, 3.05) is 0 Å². The van der Waals surface area contributed by atoms with Crippen LogP contribution in [0.15, 0.2) is 22.7 Å². The molecule has 1 heterocycles. The third kappa shape index (κ3) is 5.25. The molecule has 1 amide bonds. The largest absolute Gasteiger partial charge is 0.353 e. The molecule has 1 saturated carbocycles. The normalized spacial score (nSPS) is 19.7. The lowest BCUT2D eigenvalue weighted by Gasteiger charge is -2.26. The Kier molecular flexibility index (Phi) is 7.11. The molecule has 0 unspecified atom stereocenters. The molecule has 8 heteroatoms. The van der Waals surface area contributed by atoms with Crippen LogP contribution in [0.3, 0.4) is 0 Å². The summed E-state index contributed by atoms with van der Waals surface area (Å²) in [6.07, 6.45) is 4.45. The average Bonchev–Trinajstić information content (AvgIpc) is 3.07. The van der Waals surface area contributed by atoms with E-state index < -0.39 is 0 Å². The fraction of sp³-hybridized carbons (Fsp3) is 0.500. The van der Waals surface area contributed by atoms with Crippen LogP contribution in [-0.4, -0.2) is 28.1 Å². The van der Waals surface area contributed by atoms with Gasteiger partial charge in [0.25, 0.3) is 0 Å². The zero-order chi connectivity index (χ0) is 17.8. The van der Waals surface area contributed by atoms with Crippen molar-refractivity contribution in [3.05, 3.63) is 35.5 Å². The van der Waals surface area contributed by atoms with Crippen LogP contribution >= 0.6 is 12.4 Å². The number of aromatic nitrogens is 2. The molecule has 1 fully saturated rings. The lowest BCUT2D eigenvalue weighted by molar-refractivity contribution is -0.122. The molecule has 26 heavy (non-hydrogen) atoms. The van der Waals surface area contributed by atoms with E-state index in [2.05, 4.69) is 15.5 Å². The number of hydrogen-bond donors (Lipinski definition) is 2. The summed E-state index contributed by atoms with van der Waals surface area (Å²) in [6, 6.07) is 5.14. The Morgan fingerprint density at radius 1 is 1.35 bits per heavy atom. The number of carbonyl (C=O) groups is 1. The molecular formula is C18H24ClFN4O2. The highest BCUT2D eigenvalue weighted by molar-refractivity contribution is 5.85. The lowest BCUT2D eigenvalue weighted by atomic mass is 9.92. The number of nitrogens with two attached hydrogens (primary N) is 1. The Morgan fingerprint density at radius 2 is 2.08 bits per heavy atom. The summed E-state index contributed by atoms with van der Waals surface area (Å²) < 4.78 is 18.5. The zero-order valence-electron chi connectivity index (χ0n) is 14.7. The molecule has 0 bridgehead atoms. The summed E-state index contributed by atoms with van der Waals surface area (Å²) in [4.78, 5) is 16.3. The summed E-state index contributed by atoms with van der Waals surface area (Å²) in [6.45, 7) is 1.68. The van der Waals surface area contributed by atoms with Crippen molar-refractivity contribution in [3.63, 3.8) is 0 Å². The zero-order valence-corrected chi connectivity index (χ0v) is 15.5. The van der Waals surface area contributed by atoms with Crippen molar-refractivity contribution in [2.45, 2.75) is 57.5 Å². The topological polar surface area (TPSA) is 94.0 Å². The van der Waals surface area contributed by atoms with E-state index in [1.165, 1.54) is 6.07 Å². The maximum atomic E-state index is 13.3. The van der Waals surface area contributed by atoms with E-state index in [0.29, 0.717) is 35.7 Å². The third-order valence-electron chi connectivity index (χ3n) is 4.59. The van der Waals surface area contributed by atoms with Gasteiger partial charge in [-0.25, -0.2) is 4.39 Å². The van der Waals surface area contributed by atoms with Crippen LogP contribution in [0.1, 0.15) is 43.6 Å². The molecule has 1 aromatic heterocycles. The van der Waals surface area contributed by atoms with Crippen LogP contribution in [-0.2, 0) is 11.2 Å². The second-order valence-electron chi connectivity index (χ2n) is 6.65. The monoisotopic (exact) mass is 382 g/mol. The summed E-state index contributed by atoms with van der Waals surface area (Å²) in [5, 5.41) is 6.94. The Bertz CT molecular complexity index is 745. The van der Waals surface area contributed by atoms with Gasteiger partial charge in [-0.3, -0.25) is 4.79 Å². The van der Waals surface area contributed by atoms with Crippen LogP contribution in [0, 0.1) is 12.7 Å². The van der Waals surface area contributed by atoms with E-state index in [4.69, 9.17) is 10.3 Å². The minimum Gasteiger partial charge on any atom is -0.353 e. The molecule has 1 aliphatic carbocycles. The van der Waals surface area contributed by atoms with E-state index in [1.807, 2.05) is 0 Å². The summed E-state index contributed by atoms with van der Waals surface area (Å²) in [5.74, 6) is 0.517. The quantitative estimate of drug-likeness (QED) is 0.829. The Morgan fingerprint density at radius 3 is 2.77 bits per heavy atom. The fourth-order valence-electron chi connectivity index (χ4n) is 3.04. The first-order valence-electron chi connectivity index (χ1n) is 8.65. The van der Waals surface area contributed by atoms with Crippen molar-refractivity contribution in [1.29, 1.82) is 0 Å².